The molecule has 1 aromatic carbocycles. The molecule has 0 atom stereocenters. The molecule has 3 heteroatoms. The van der Waals surface area contributed by atoms with Gasteiger partial charge in [-0.25, -0.2) is 0 Å². The summed E-state index contributed by atoms with van der Waals surface area (Å²) >= 11 is 0. The lowest BCUT2D eigenvalue weighted by molar-refractivity contribution is 0.220. The first kappa shape index (κ1) is 10.4. The summed E-state index contributed by atoms with van der Waals surface area (Å²) in [5, 5.41) is 9.21. The topological polar surface area (TPSA) is 32.7 Å². The molecule has 1 N–H and O–H groups in total. The predicted molar refractivity (Wildman–Crippen MR) is 65.1 cm³/mol. The normalized spacial score (nSPS) is 19.3. The lowest BCUT2D eigenvalue weighted by Gasteiger charge is -2.18. The van der Waals surface area contributed by atoms with Gasteiger partial charge in [0.1, 0.15) is 17.8 Å². The Balaban J connectivity index is 1.63. The van der Waals surface area contributed by atoms with Crippen LogP contribution >= 0.6 is 0 Å². The van der Waals surface area contributed by atoms with E-state index in [9.17, 15) is 5.11 Å². The van der Waals surface area contributed by atoms with Gasteiger partial charge in [0.25, 0.3) is 0 Å². The van der Waals surface area contributed by atoms with E-state index in [2.05, 4.69) is 29.2 Å². The first-order valence-corrected chi connectivity index (χ1v) is 5.84. The van der Waals surface area contributed by atoms with Crippen molar-refractivity contribution >= 4 is 0 Å². The van der Waals surface area contributed by atoms with E-state index in [-0.39, 0.29) is 0 Å². The summed E-state index contributed by atoms with van der Waals surface area (Å²) in [5.74, 6) is 1.22. The van der Waals surface area contributed by atoms with Crippen LogP contribution < -0.4 is 0 Å². The SMILES string of the molecule is OC1=COC(CN2Cc3ccccc3C2)=CC1. The summed E-state index contributed by atoms with van der Waals surface area (Å²) in [5.41, 5.74) is 2.81. The van der Waals surface area contributed by atoms with E-state index in [0.717, 1.165) is 25.4 Å². The average Bonchev–Trinajstić information content (AvgIpc) is 2.74. The smallest absolute Gasteiger partial charge is 0.131 e. The van der Waals surface area contributed by atoms with Crippen molar-refractivity contribution in [3.8, 4) is 0 Å². The zero-order valence-corrected chi connectivity index (χ0v) is 9.60. The summed E-state index contributed by atoms with van der Waals surface area (Å²) in [7, 11) is 0. The van der Waals surface area contributed by atoms with Crippen LogP contribution in [0.5, 0.6) is 0 Å². The molecule has 0 saturated heterocycles. The van der Waals surface area contributed by atoms with Crippen molar-refractivity contribution in [2.45, 2.75) is 19.5 Å². The number of nitrogens with zero attached hydrogens (tertiary/aromatic N) is 1. The summed E-state index contributed by atoms with van der Waals surface area (Å²) in [6.45, 7) is 2.76. The van der Waals surface area contributed by atoms with Crippen LogP contribution in [0.25, 0.3) is 0 Å². The van der Waals surface area contributed by atoms with Crippen molar-refractivity contribution in [3.63, 3.8) is 0 Å². The molecular weight excluding hydrogens is 214 g/mol. The molecule has 2 aliphatic heterocycles. The van der Waals surface area contributed by atoms with E-state index < -0.39 is 0 Å². The van der Waals surface area contributed by atoms with Crippen molar-refractivity contribution in [2.24, 2.45) is 0 Å². The predicted octanol–water partition coefficient (Wildman–Crippen LogP) is 2.71. The monoisotopic (exact) mass is 229 g/mol. The van der Waals surface area contributed by atoms with Crippen LogP contribution in [0.3, 0.4) is 0 Å². The quantitative estimate of drug-likeness (QED) is 0.846. The van der Waals surface area contributed by atoms with Gasteiger partial charge >= 0.3 is 0 Å². The van der Waals surface area contributed by atoms with Gasteiger partial charge in [-0.3, -0.25) is 4.90 Å². The maximum Gasteiger partial charge on any atom is 0.131 e. The third-order valence-corrected chi connectivity index (χ3v) is 3.17. The van der Waals surface area contributed by atoms with Gasteiger partial charge < -0.3 is 9.84 Å². The van der Waals surface area contributed by atoms with Crippen LogP contribution in [0.4, 0.5) is 0 Å². The maximum absolute atomic E-state index is 9.21. The first-order chi connectivity index (χ1) is 8.31. The molecule has 0 radical (unpaired) electrons. The molecule has 1 aromatic rings. The zero-order valence-electron chi connectivity index (χ0n) is 9.60. The Labute approximate surface area is 101 Å². The van der Waals surface area contributed by atoms with Crippen LogP contribution in [0.1, 0.15) is 17.5 Å². The molecule has 17 heavy (non-hydrogen) atoms. The number of fused-ring (bicyclic) bond motifs is 1. The van der Waals surface area contributed by atoms with Crippen molar-refractivity contribution in [2.75, 3.05) is 6.54 Å². The molecule has 0 spiro atoms. The maximum atomic E-state index is 9.21. The highest BCUT2D eigenvalue weighted by molar-refractivity contribution is 5.30. The van der Waals surface area contributed by atoms with E-state index in [1.54, 1.807) is 0 Å². The Morgan fingerprint density at radius 2 is 1.88 bits per heavy atom. The Morgan fingerprint density at radius 3 is 2.47 bits per heavy atom. The van der Waals surface area contributed by atoms with Gasteiger partial charge in [0.05, 0.1) is 6.54 Å². The molecule has 0 amide bonds. The Bertz CT molecular complexity index is 466. The number of aliphatic hydroxyl groups is 1. The zero-order chi connectivity index (χ0) is 11.7. The van der Waals surface area contributed by atoms with Gasteiger partial charge in [0.15, 0.2) is 0 Å². The van der Waals surface area contributed by atoms with Crippen molar-refractivity contribution in [1.82, 2.24) is 4.90 Å². The molecule has 3 rings (SSSR count). The molecule has 0 bridgehead atoms. The minimum Gasteiger partial charge on any atom is -0.509 e. The Kier molecular flexibility index (Phi) is 2.61. The fraction of sp³-hybridized carbons (Fsp3) is 0.286. The van der Waals surface area contributed by atoms with Gasteiger partial charge in [-0.05, 0) is 17.2 Å². The van der Waals surface area contributed by atoms with Gasteiger partial charge in [-0.15, -0.1) is 0 Å². The largest absolute Gasteiger partial charge is 0.509 e. The summed E-state index contributed by atoms with van der Waals surface area (Å²) in [6.07, 6.45) is 3.95. The van der Waals surface area contributed by atoms with E-state index in [1.165, 1.54) is 17.4 Å². The molecule has 0 aliphatic carbocycles. The third kappa shape index (κ3) is 2.19. The number of rotatable bonds is 2. The molecule has 88 valence electrons. The number of benzene rings is 1. The Hall–Kier alpha value is -1.74. The highest BCUT2D eigenvalue weighted by atomic mass is 16.5. The standard InChI is InChI=1S/C14H15NO2/c16-13-5-6-14(17-10-13)9-15-7-11-3-1-2-4-12(11)8-15/h1-4,6,10,16H,5,7-9H2. The second kappa shape index (κ2) is 4.26. The van der Waals surface area contributed by atoms with E-state index in [4.69, 9.17) is 4.74 Å². The number of hydrogen-bond donors (Lipinski definition) is 1. The van der Waals surface area contributed by atoms with Crippen LogP contribution in [0, 0.1) is 0 Å². The molecule has 2 heterocycles. The molecule has 0 saturated carbocycles. The number of aliphatic hydroxyl groups excluding tert-OH is 1. The lowest BCUT2D eigenvalue weighted by Crippen LogP contribution is -2.20. The highest BCUT2D eigenvalue weighted by Crippen LogP contribution is 2.24. The van der Waals surface area contributed by atoms with E-state index in [1.807, 2.05) is 6.08 Å². The van der Waals surface area contributed by atoms with E-state index in [0.29, 0.717) is 12.2 Å². The number of allylic oxidation sites excluding steroid dienone is 1. The van der Waals surface area contributed by atoms with Gasteiger partial charge in [0.2, 0.25) is 0 Å². The summed E-state index contributed by atoms with van der Waals surface area (Å²) in [6, 6.07) is 8.52. The van der Waals surface area contributed by atoms with Crippen LogP contribution in [0.2, 0.25) is 0 Å². The summed E-state index contributed by atoms with van der Waals surface area (Å²) < 4.78 is 5.36. The molecule has 0 fully saturated rings. The average molecular weight is 229 g/mol. The Morgan fingerprint density at radius 1 is 1.18 bits per heavy atom. The molecule has 3 nitrogen and oxygen atoms in total. The van der Waals surface area contributed by atoms with Crippen molar-refractivity contribution in [3.05, 3.63) is 59.2 Å². The molecular formula is C14H15NO2. The van der Waals surface area contributed by atoms with Crippen LogP contribution in [0.15, 0.2) is 48.1 Å². The molecule has 0 aromatic heterocycles. The van der Waals surface area contributed by atoms with E-state index >= 15 is 0 Å². The fourth-order valence-corrected chi connectivity index (χ4v) is 2.30. The second-order valence-corrected chi connectivity index (χ2v) is 4.52. The number of ether oxygens (including phenoxy) is 1. The van der Waals surface area contributed by atoms with Crippen LogP contribution in [-0.4, -0.2) is 16.6 Å². The lowest BCUT2D eigenvalue weighted by atomic mass is 10.1. The van der Waals surface area contributed by atoms with Crippen molar-refractivity contribution < 1.29 is 9.84 Å². The van der Waals surface area contributed by atoms with Crippen LogP contribution in [-0.2, 0) is 17.8 Å². The van der Waals surface area contributed by atoms with Gasteiger partial charge in [0, 0.05) is 19.5 Å². The number of hydrogen-bond acceptors (Lipinski definition) is 3. The molecule has 2 aliphatic rings. The molecule has 0 unspecified atom stereocenters. The first-order valence-electron chi connectivity index (χ1n) is 5.84. The third-order valence-electron chi connectivity index (χ3n) is 3.17. The minimum atomic E-state index is 0.290. The van der Waals surface area contributed by atoms with Gasteiger partial charge in [-0.2, -0.15) is 0 Å². The van der Waals surface area contributed by atoms with Crippen molar-refractivity contribution in [1.29, 1.82) is 0 Å². The second-order valence-electron chi connectivity index (χ2n) is 4.52. The minimum absolute atomic E-state index is 0.290. The van der Waals surface area contributed by atoms with Gasteiger partial charge in [-0.1, -0.05) is 24.3 Å². The highest BCUT2D eigenvalue weighted by Gasteiger charge is 2.20. The fourth-order valence-electron chi connectivity index (χ4n) is 2.30. The summed E-state index contributed by atoms with van der Waals surface area (Å²) in [4.78, 5) is 2.34.